The molecular formula is C21H19N3O3. The molecule has 1 amide bonds. The molecule has 136 valence electrons. The monoisotopic (exact) mass is 361 g/mol. The van der Waals surface area contributed by atoms with E-state index in [2.05, 4.69) is 20.4 Å². The molecule has 0 saturated heterocycles. The molecule has 0 saturated carbocycles. The van der Waals surface area contributed by atoms with E-state index in [1.165, 1.54) is 18.9 Å². The number of rotatable bonds is 5. The molecule has 2 aromatic carbocycles. The van der Waals surface area contributed by atoms with E-state index in [9.17, 15) is 9.59 Å². The van der Waals surface area contributed by atoms with Crippen LogP contribution in [0.3, 0.4) is 0 Å². The molecule has 0 unspecified atom stereocenters. The van der Waals surface area contributed by atoms with Gasteiger partial charge in [0.15, 0.2) is 0 Å². The van der Waals surface area contributed by atoms with Crippen LogP contribution in [0.15, 0.2) is 66.9 Å². The lowest BCUT2D eigenvalue weighted by atomic mass is 10.2. The molecule has 0 bridgehead atoms. The van der Waals surface area contributed by atoms with E-state index in [4.69, 9.17) is 0 Å². The Hall–Kier alpha value is -3.67. The SMILES string of the molecule is COC(=O)c1ccc(NC(=O)c2ccc(Nc3ccc(C)cc3)nc2)cc1. The normalized spacial score (nSPS) is 10.1. The minimum atomic E-state index is -0.422. The van der Waals surface area contributed by atoms with E-state index >= 15 is 0 Å². The number of amides is 1. The van der Waals surface area contributed by atoms with E-state index in [-0.39, 0.29) is 5.91 Å². The molecule has 27 heavy (non-hydrogen) atoms. The zero-order chi connectivity index (χ0) is 19.2. The first kappa shape index (κ1) is 18.1. The van der Waals surface area contributed by atoms with Gasteiger partial charge in [-0.15, -0.1) is 0 Å². The summed E-state index contributed by atoms with van der Waals surface area (Å²) in [7, 11) is 1.32. The first-order chi connectivity index (χ1) is 13.0. The summed E-state index contributed by atoms with van der Waals surface area (Å²) >= 11 is 0. The number of pyridine rings is 1. The number of aromatic nitrogens is 1. The summed E-state index contributed by atoms with van der Waals surface area (Å²) in [5, 5.41) is 5.95. The van der Waals surface area contributed by atoms with Crippen molar-refractivity contribution in [3.8, 4) is 0 Å². The van der Waals surface area contributed by atoms with Crippen LogP contribution in [0.4, 0.5) is 17.2 Å². The Labute approximate surface area is 157 Å². The van der Waals surface area contributed by atoms with Gasteiger partial charge in [0.1, 0.15) is 5.82 Å². The molecule has 0 aliphatic carbocycles. The zero-order valence-corrected chi connectivity index (χ0v) is 15.0. The molecule has 2 N–H and O–H groups in total. The van der Waals surface area contributed by atoms with E-state index in [1.807, 2.05) is 31.2 Å². The fraction of sp³-hybridized carbons (Fsp3) is 0.0952. The molecule has 1 heterocycles. The molecule has 3 aromatic rings. The molecule has 6 nitrogen and oxygen atoms in total. The Bertz CT molecular complexity index is 934. The van der Waals surface area contributed by atoms with Crippen molar-refractivity contribution < 1.29 is 14.3 Å². The molecule has 3 rings (SSSR count). The number of hydrogen-bond acceptors (Lipinski definition) is 5. The smallest absolute Gasteiger partial charge is 0.337 e. The summed E-state index contributed by atoms with van der Waals surface area (Å²) in [5.74, 6) is -0.0539. The van der Waals surface area contributed by atoms with Crippen molar-refractivity contribution in [1.82, 2.24) is 4.98 Å². The number of benzene rings is 2. The summed E-state index contributed by atoms with van der Waals surface area (Å²) in [6.45, 7) is 2.03. The standard InChI is InChI=1S/C21H19N3O3/c1-14-3-8-17(9-4-14)23-19-12-7-16(13-22-19)20(25)24-18-10-5-15(6-11-18)21(26)27-2/h3-13H,1-2H3,(H,22,23)(H,24,25). The van der Waals surface area contributed by atoms with Gasteiger partial charge in [-0.1, -0.05) is 17.7 Å². The van der Waals surface area contributed by atoms with Gasteiger partial charge in [0.2, 0.25) is 0 Å². The lowest BCUT2D eigenvalue weighted by Gasteiger charge is -2.08. The molecule has 0 fully saturated rings. The minimum absolute atomic E-state index is 0.282. The summed E-state index contributed by atoms with van der Waals surface area (Å²) in [6, 6.07) is 17.9. The fourth-order valence-corrected chi connectivity index (χ4v) is 2.40. The number of nitrogens with zero attached hydrogens (tertiary/aromatic N) is 1. The lowest BCUT2D eigenvalue weighted by Crippen LogP contribution is -2.12. The molecule has 1 aromatic heterocycles. The second-order valence-corrected chi connectivity index (χ2v) is 5.95. The van der Waals surface area contributed by atoms with Crippen molar-refractivity contribution in [2.24, 2.45) is 0 Å². The van der Waals surface area contributed by atoms with Crippen LogP contribution < -0.4 is 10.6 Å². The zero-order valence-electron chi connectivity index (χ0n) is 15.0. The highest BCUT2D eigenvalue weighted by atomic mass is 16.5. The van der Waals surface area contributed by atoms with Crippen LogP contribution in [0.2, 0.25) is 0 Å². The van der Waals surface area contributed by atoms with Gasteiger partial charge in [-0.05, 0) is 55.5 Å². The summed E-state index contributed by atoms with van der Waals surface area (Å²) in [5.41, 5.74) is 3.54. The Balaban J connectivity index is 1.63. The number of aryl methyl sites for hydroxylation is 1. The molecule has 0 radical (unpaired) electrons. The Morgan fingerprint density at radius 2 is 1.48 bits per heavy atom. The van der Waals surface area contributed by atoms with Crippen LogP contribution in [0.5, 0.6) is 0 Å². The number of esters is 1. The van der Waals surface area contributed by atoms with Crippen LogP contribution in [0.25, 0.3) is 0 Å². The third kappa shape index (κ3) is 4.70. The molecule has 0 spiro atoms. The van der Waals surface area contributed by atoms with E-state index in [0.29, 0.717) is 22.6 Å². The van der Waals surface area contributed by atoms with Crippen molar-refractivity contribution in [3.05, 3.63) is 83.6 Å². The Morgan fingerprint density at radius 3 is 2.07 bits per heavy atom. The first-order valence-corrected chi connectivity index (χ1v) is 8.34. The number of anilines is 3. The summed E-state index contributed by atoms with van der Waals surface area (Å²) in [6.07, 6.45) is 1.51. The van der Waals surface area contributed by atoms with Gasteiger partial charge in [-0.3, -0.25) is 4.79 Å². The van der Waals surface area contributed by atoms with Crippen molar-refractivity contribution in [2.75, 3.05) is 17.7 Å². The highest BCUT2D eigenvalue weighted by Gasteiger charge is 2.09. The maximum absolute atomic E-state index is 12.3. The second-order valence-electron chi connectivity index (χ2n) is 5.95. The molecule has 0 aliphatic rings. The van der Waals surface area contributed by atoms with Crippen molar-refractivity contribution in [2.45, 2.75) is 6.92 Å². The topological polar surface area (TPSA) is 80.3 Å². The minimum Gasteiger partial charge on any atom is -0.465 e. The van der Waals surface area contributed by atoms with Crippen molar-refractivity contribution >= 4 is 29.1 Å². The Kier molecular flexibility index (Phi) is 5.47. The van der Waals surface area contributed by atoms with Gasteiger partial charge in [-0.2, -0.15) is 0 Å². The third-order valence-electron chi connectivity index (χ3n) is 3.91. The summed E-state index contributed by atoms with van der Waals surface area (Å²) in [4.78, 5) is 28.0. The van der Waals surface area contributed by atoms with Crippen LogP contribution in [0.1, 0.15) is 26.3 Å². The molecular weight excluding hydrogens is 342 g/mol. The number of carbonyl (C=O) groups is 2. The van der Waals surface area contributed by atoms with E-state index in [1.54, 1.807) is 36.4 Å². The van der Waals surface area contributed by atoms with Gasteiger partial charge in [0.05, 0.1) is 18.2 Å². The predicted octanol–water partition coefficient (Wildman–Crippen LogP) is 4.17. The molecule has 0 atom stereocenters. The maximum atomic E-state index is 12.3. The van der Waals surface area contributed by atoms with Crippen LogP contribution >= 0.6 is 0 Å². The third-order valence-corrected chi connectivity index (χ3v) is 3.91. The van der Waals surface area contributed by atoms with Crippen molar-refractivity contribution in [1.29, 1.82) is 0 Å². The second kappa shape index (κ2) is 8.14. The largest absolute Gasteiger partial charge is 0.465 e. The fourth-order valence-electron chi connectivity index (χ4n) is 2.40. The average molecular weight is 361 g/mol. The average Bonchev–Trinajstić information content (AvgIpc) is 2.70. The maximum Gasteiger partial charge on any atom is 0.337 e. The highest BCUT2D eigenvalue weighted by molar-refractivity contribution is 6.04. The Morgan fingerprint density at radius 1 is 0.852 bits per heavy atom. The highest BCUT2D eigenvalue weighted by Crippen LogP contribution is 2.16. The van der Waals surface area contributed by atoms with Crippen LogP contribution in [0, 0.1) is 6.92 Å². The predicted molar refractivity (Wildman–Crippen MR) is 104 cm³/mol. The van der Waals surface area contributed by atoms with Gasteiger partial charge in [-0.25, -0.2) is 9.78 Å². The van der Waals surface area contributed by atoms with E-state index < -0.39 is 5.97 Å². The molecule has 0 aliphatic heterocycles. The van der Waals surface area contributed by atoms with Gasteiger partial charge in [0, 0.05) is 17.6 Å². The number of carbonyl (C=O) groups excluding carboxylic acids is 2. The van der Waals surface area contributed by atoms with Gasteiger partial charge in [0.25, 0.3) is 5.91 Å². The van der Waals surface area contributed by atoms with E-state index in [0.717, 1.165) is 5.69 Å². The van der Waals surface area contributed by atoms with Crippen LogP contribution in [-0.4, -0.2) is 24.0 Å². The quantitative estimate of drug-likeness (QED) is 0.667. The van der Waals surface area contributed by atoms with Gasteiger partial charge >= 0.3 is 5.97 Å². The number of nitrogens with one attached hydrogen (secondary N) is 2. The first-order valence-electron chi connectivity index (χ1n) is 8.34. The summed E-state index contributed by atoms with van der Waals surface area (Å²) < 4.78 is 4.65. The molecule has 6 heteroatoms. The van der Waals surface area contributed by atoms with Gasteiger partial charge < -0.3 is 15.4 Å². The number of hydrogen-bond donors (Lipinski definition) is 2. The number of methoxy groups -OCH3 is 1. The lowest BCUT2D eigenvalue weighted by molar-refractivity contribution is 0.0600. The van der Waals surface area contributed by atoms with Crippen molar-refractivity contribution in [3.63, 3.8) is 0 Å². The number of ether oxygens (including phenoxy) is 1. The van der Waals surface area contributed by atoms with Crippen LogP contribution in [-0.2, 0) is 4.74 Å².